The maximum Gasteiger partial charge on any atom is 0.424 e. The van der Waals surface area contributed by atoms with Crippen LogP contribution in [0.25, 0.3) is 0 Å². The summed E-state index contributed by atoms with van der Waals surface area (Å²) in [6, 6.07) is 5.83. The molecule has 2 amide bonds. The highest BCUT2D eigenvalue weighted by atomic mass is 35.5. The van der Waals surface area contributed by atoms with Gasteiger partial charge in [0.05, 0.1) is 6.54 Å². The van der Waals surface area contributed by atoms with Gasteiger partial charge in [-0.1, -0.05) is 28.2 Å². The first-order valence-electron chi connectivity index (χ1n) is 7.64. The second-order valence-corrected chi connectivity index (χ2v) is 7.03. The van der Waals surface area contributed by atoms with Crippen molar-refractivity contribution in [3.8, 4) is 0 Å². The zero-order valence-electron chi connectivity index (χ0n) is 13.9. The minimum Gasteiger partial charge on any atom is -0.443 e. The van der Waals surface area contributed by atoms with E-state index in [4.69, 9.17) is 16.3 Å². The van der Waals surface area contributed by atoms with Crippen molar-refractivity contribution in [2.45, 2.75) is 45.4 Å². The van der Waals surface area contributed by atoms with Gasteiger partial charge in [0.2, 0.25) is 0 Å². The number of hydrogen-bond donors (Lipinski definition) is 1. The van der Waals surface area contributed by atoms with Crippen LogP contribution in [0.15, 0.2) is 24.3 Å². The van der Waals surface area contributed by atoms with Crippen molar-refractivity contribution in [3.63, 3.8) is 0 Å². The summed E-state index contributed by atoms with van der Waals surface area (Å²) in [7, 11) is 0. The van der Waals surface area contributed by atoms with Gasteiger partial charge in [0.1, 0.15) is 11.6 Å². The average Bonchev–Trinajstić information content (AvgIpc) is 2.94. The van der Waals surface area contributed by atoms with E-state index in [1.54, 1.807) is 45.0 Å². The molecule has 0 aliphatic carbocycles. The standard InChI is InChI=1S/C16H21ClFN3O3/c1-16(2,3)24-15(23)21-8-7-13(19-21)14(22)20(18)10-11-5-4-6-12(17)9-11/h4-6,9,13,19H,7-8,10H2,1-3H3. The maximum absolute atomic E-state index is 14.1. The number of hydrogen-bond acceptors (Lipinski definition) is 4. The number of halogens is 2. The molecule has 1 aliphatic heterocycles. The van der Waals surface area contributed by atoms with Gasteiger partial charge in [-0.15, -0.1) is 0 Å². The van der Waals surface area contributed by atoms with Gasteiger partial charge >= 0.3 is 6.09 Å². The lowest BCUT2D eigenvalue weighted by Crippen LogP contribution is -2.47. The molecular formula is C16H21ClFN3O3. The van der Waals surface area contributed by atoms with Crippen LogP contribution in [-0.4, -0.2) is 40.3 Å². The lowest BCUT2D eigenvalue weighted by molar-refractivity contribution is -0.150. The SMILES string of the molecule is CC(C)(C)OC(=O)N1CCC(C(=O)N(F)Cc2cccc(Cl)c2)N1. The number of nitrogens with one attached hydrogen (secondary N) is 1. The van der Waals surface area contributed by atoms with Gasteiger partial charge in [0.25, 0.3) is 5.91 Å². The molecule has 132 valence electrons. The van der Waals surface area contributed by atoms with Crippen LogP contribution in [0.2, 0.25) is 5.02 Å². The molecular weight excluding hydrogens is 337 g/mol. The van der Waals surface area contributed by atoms with Gasteiger partial charge in [-0.2, -0.15) is 5.12 Å². The molecule has 8 heteroatoms. The summed E-state index contributed by atoms with van der Waals surface area (Å²) in [6.07, 6.45) is -0.272. The normalized spacial score (nSPS) is 17.7. The highest BCUT2D eigenvalue weighted by Crippen LogP contribution is 2.17. The van der Waals surface area contributed by atoms with Gasteiger partial charge in [-0.05, 0) is 44.9 Å². The first-order chi connectivity index (χ1) is 11.2. The molecule has 1 aromatic carbocycles. The molecule has 0 radical (unpaired) electrons. The topological polar surface area (TPSA) is 61.9 Å². The Hall–Kier alpha value is -1.86. The molecule has 1 aromatic rings. The van der Waals surface area contributed by atoms with E-state index >= 15 is 0 Å². The van der Waals surface area contributed by atoms with E-state index in [1.165, 1.54) is 5.01 Å². The third kappa shape index (κ3) is 5.07. The molecule has 1 unspecified atom stereocenters. The zero-order valence-corrected chi connectivity index (χ0v) is 14.6. The van der Waals surface area contributed by atoms with Crippen molar-refractivity contribution in [2.24, 2.45) is 0 Å². The fourth-order valence-electron chi connectivity index (χ4n) is 2.26. The predicted octanol–water partition coefficient (Wildman–Crippen LogP) is 3.07. The van der Waals surface area contributed by atoms with Crippen molar-refractivity contribution in [1.82, 2.24) is 15.6 Å². The summed E-state index contributed by atoms with van der Waals surface area (Å²) in [5.74, 6) is -0.735. The maximum atomic E-state index is 14.1. The summed E-state index contributed by atoms with van der Waals surface area (Å²) >= 11 is 5.85. The predicted molar refractivity (Wildman–Crippen MR) is 87.6 cm³/mol. The first-order valence-corrected chi connectivity index (χ1v) is 8.02. The summed E-state index contributed by atoms with van der Waals surface area (Å²) < 4.78 is 19.3. The number of carbonyl (C=O) groups is 2. The van der Waals surface area contributed by atoms with Gasteiger partial charge in [-0.3, -0.25) is 4.79 Å². The molecule has 1 N–H and O–H groups in total. The van der Waals surface area contributed by atoms with E-state index in [1.807, 2.05) is 0 Å². The van der Waals surface area contributed by atoms with Crippen LogP contribution in [0.5, 0.6) is 0 Å². The summed E-state index contributed by atoms with van der Waals surface area (Å²) in [6.45, 7) is 5.31. The Bertz CT molecular complexity index is 621. The highest BCUT2D eigenvalue weighted by molar-refractivity contribution is 6.30. The van der Waals surface area contributed by atoms with E-state index in [9.17, 15) is 14.1 Å². The number of rotatable bonds is 3. The Balaban J connectivity index is 1.90. The van der Waals surface area contributed by atoms with Crippen molar-refractivity contribution in [3.05, 3.63) is 34.9 Å². The van der Waals surface area contributed by atoms with Crippen molar-refractivity contribution in [1.29, 1.82) is 0 Å². The molecule has 1 saturated heterocycles. The number of ether oxygens (including phenoxy) is 1. The quantitative estimate of drug-likeness (QED) is 0.844. The molecule has 0 spiro atoms. The lowest BCUT2D eigenvalue weighted by atomic mass is 10.2. The molecule has 24 heavy (non-hydrogen) atoms. The van der Waals surface area contributed by atoms with Crippen molar-refractivity contribution >= 4 is 23.6 Å². The van der Waals surface area contributed by atoms with Crippen LogP contribution >= 0.6 is 11.6 Å². The summed E-state index contributed by atoms with van der Waals surface area (Å²) in [5, 5.41) is 1.80. The van der Waals surface area contributed by atoms with E-state index < -0.39 is 23.6 Å². The molecule has 0 saturated carbocycles. The van der Waals surface area contributed by atoms with Crippen LogP contribution < -0.4 is 5.43 Å². The van der Waals surface area contributed by atoms with Crippen LogP contribution in [0, 0.1) is 0 Å². The number of nitrogens with zero attached hydrogens (tertiary/aromatic N) is 2. The minimum absolute atomic E-state index is 0.127. The van der Waals surface area contributed by atoms with Gasteiger partial charge in [0, 0.05) is 11.6 Å². The third-order valence-corrected chi connectivity index (χ3v) is 3.55. The number of hydrazine groups is 1. The second kappa shape index (κ2) is 7.36. The van der Waals surface area contributed by atoms with Crippen LogP contribution in [0.3, 0.4) is 0 Å². The van der Waals surface area contributed by atoms with E-state index in [-0.39, 0.29) is 18.2 Å². The Labute approximate surface area is 145 Å². The van der Waals surface area contributed by atoms with Gasteiger partial charge < -0.3 is 4.74 Å². The average molecular weight is 358 g/mol. The smallest absolute Gasteiger partial charge is 0.424 e. The van der Waals surface area contributed by atoms with E-state index in [2.05, 4.69) is 5.43 Å². The monoisotopic (exact) mass is 357 g/mol. The molecule has 0 bridgehead atoms. The fourth-order valence-corrected chi connectivity index (χ4v) is 2.47. The van der Waals surface area contributed by atoms with Crippen LogP contribution in [0.1, 0.15) is 32.8 Å². The second-order valence-electron chi connectivity index (χ2n) is 6.59. The molecule has 1 fully saturated rings. The molecule has 0 aromatic heterocycles. The van der Waals surface area contributed by atoms with Crippen molar-refractivity contribution < 1.29 is 18.8 Å². The largest absolute Gasteiger partial charge is 0.443 e. The number of amides is 2. The third-order valence-electron chi connectivity index (χ3n) is 3.31. The molecule has 1 heterocycles. The highest BCUT2D eigenvalue weighted by Gasteiger charge is 2.35. The molecule has 2 rings (SSSR count). The van der Waals surface area contributed by atoms with Gasteiger partial charge in [-0.25, -0.2) is 15.2 Å². The zero-order chi connectivity index (χ0) is 17.9. The van der Waals surface area contributed by atoms with E-state index in [0.717, 1.165) is 0 Å². The minimum atomic E-state index is -0.804. The molecule has 6 nitrogen and oxygen atoms in total. The summed E-state index contributed by atoms with van der Waals surface area (Å²) in [5.41, 5.74) is 2.64. The van der Waals surface area contributed by atoms with E-state index in [0.29, 0.717) is 17.0 Å². The lowest BCUT2D eigenvalue weighted by Gasteiger charge is -2.24. The van der Waals surface area contributed by atoms with Crippen LogP contribution in [0.4, 0.5) is 9.28 Å². The van der Waals surface area contributed by atoms with Gasteiger partial charge in [0.15, 0.2) is 0 Å². The molecule has 1 aliphatic rings. The number of carbonyl (C=O) groups excluding carboxylic acids is 2. The first kappa shape index (κ1) is 18.5. The Morgan fingerprint density at radius 3 is 2.79 bits per heavy atom. The molecule has 1 atom stereocenters. The Kier molecular flexibility index (Phi) is 5.66. The Morgan fingerprint density at radius 1 is 1.46 bits per heavy atom. The van der Waals surface area contributed by atoms with Crippen LogP contribution in [-0.2, 0) is 16.1 Å². The number of benzene rings is 1. The Morgan fingerprint density at radius 2 is 2.17 bits per heavy atom. The summed E-state index contributed by atoms with van der Waals surface area (Å²) in [4.78, 5) is 24.1. The fraction of sp³-hybridized carbons (Fsp3) is 0.500. The van der Waals surface area contributed by atoms with Crippen molar-refractivity contribution in [2.75, 3.05) is 6.54 Å².